The van der Waals surface area contributed by atoms with E-state index >= 15 is 0 Å². The molecule has 0 atom stereocenters. The van der Waals surface area contributed by atoms with Crippen molar-refractivity contribution in [3.05, 3.63) is 28.7 Å². The maximum Gasteiger partial charge on any atom is 0.409 e. The third-order valence-electron chi connectivity index (χ3n) is 4.08. The standard InChI is InChI=1S/C18H26BrN5O3/c1-3-27-18(26)24-12-10-23(11-13-24)17(20-2)21-9-8-16(25)22-15-6-4-14(19)5-7-15/h4-7H,3,8-13H2,1-2H3,(H,20,21)(H,22,25). The minimum atomic E-state index is -0.273. The zero-order valence-corrected chi connectivity index (χ0v) is 17.3. The van der Waals surface area contributed by atoms with Gasteiger partial charge in [-0.1, -0.05) is 15.9 Å². The Labute approximate surface area is 168 Å². The Hall–Kier alpha value is -2.29. The molecule has 0 unspecified atom stereocenters. The first-order chi connectivity index (χ1) is 13.0. The molecule has 9 heteroatoms. The van der Waals surface area contributed by atoms with Crippen LogP contribution in [-0.2, 0) is 9.53 Å². The van der Waals surface area contributed by atoms with Gasteiger partial charge in [0.25, 0.3) is 0 Å². The van der Waals surface area contributed by atoms with Crippen LogP contribution in [0.15, 0.2) is 33.7 Å². The molecule has 0 aromatic heterocycles. The summed E-state index contributed by atoms with van der Waals surface area (Å²) in [6, 6.07) is 7.45. The molecule has 8 nitrogen and oxygen atoms in total. The van der Waals surface area contributed by atoms with Gasteiger partial charge in [-0.2, -0.15) is 0 Å². The Bertz CT molecular complexity index is 657. The number of amides is 2. The lowest BCUT2D eigenvalue weighted by Crippen LogP contribution is -2.54. The number of benzene rings is 1. The molecule has 0 saturated carbocycles. The zero-order chi connectivity index (χ0) is 19.6. The fraction of sp³-hybridized carbons (Fsp3) is 0.500. The zero-order valence-electron chi connectivity index (χ0n) is 15.7. The topological polar surface area (TPSA) is 86.3 Å². The molecule has 1 aliphatic rings. The van der Waals surface area contributed by atoms with E-state index in [-0.39, 0.29) is 12.0 Å². The van der Waals surface area contributed by atoms with Crippen LogP contribution in [0, 0.1) is 0 Å². The number of nitrogens with one attached hydrogen (secondary N) is 2. The van der Waals surface area contributed by atoms with Gasteiger partial charge in [-0.05, 0) is 31.2 Å². The van der Waals surface area contributed by atoms with Gasteiger partial charge in [0.2, 0.25) is 5.91 Å². The highest BCUT2D eigenvalue weighted by Crippen LogP contribution is 2.14. The number of hydrogen-bond acceptors (Lipinski definition) is 4. The summed E-state index contributed by atoms with van der Waals surface area (Å²) in [4.78, 5) is 31.8. The van der Waals surface area contributed by atoms with E-state index in [0.29, 0.717) is 45.8 Å². The van der Waals surface area contributed by atoms with Gasteiger partial charge in [0.1, 0.15) is 0 Å². The van der Waals surface area contributed by atoms with Gasteiger partial charge < -0.3 is 25.2 Å². The second-order valence-electron chi connectivity index (χ2n) is 5.95. The molecular weight excluding hydrogens is 414 g/mol. The highest BCUT2D eigenvalue weighted by molar-refractivity contribution is 9.10. The fourth-order valence-corrected chi connectivity index (χ4v) is 2.96. The van der Waals surface area contributed by atoms with Crippen molar-refractivity contribution in [3.8, 4) is 0 Å². The summed E-state index contributed by atoms with van der Waals surface area (Å²) < 4.78 is 5.99. The van der Waals surface area contributed by atoms with Crippen LogP contribution in [0.3, 0.4) is 0 Å². The van der Waals surface area contributed by atoms with E-state index in [9.17, 15) is 9.59 Å². The number of anilines is 1. The molecule has 1 fully saturated rings. The number of carbonyl (C=O) groups excluding carboxylic acids is 2. The number of ether oxygens (including phenoxy) is 1. The molecular formula is C18H26BrN5O3. The van der Waals surface area contributed by atoms with Crippen molar-refractivity contribution >= 4 is 39.6 Å². The number of hydrogen-bond donors (Lipinski definition) is 2. The number of aliphatic imine (C=N–C) groups is 1. The third-order valence-corrected chi connectivity index (χ3v) is 4.61. The Morgan fingerprint density at radius 1 is 1.15 bits per heavy atom. The van der Waals surface area contributed by atoms with Crippen LogP contribution in [0.5, 0.6) is 0 Å². The van der Waals surface area contributed by atoms with E-state index in [1.807, 2.05) is 24.3 Å². The molecule has 2 N–H and O–H groups in total. The van der Waals surface area contributed by atoms with E-state index in [1.165, 1.54) is 0 Å². The summed E-state index contributed by atoms with van der Waals surface area (Å²) in [5.74, 6) is 0.669. The summed E-state index contributed by atoms with van der Waals surface area (Å²) in [5.41, 5.74) is 0.766. The molecule has 1 aromatic carbocycles. The van der Waals surface area contributed by atoms with Crippen LogP contribution in [0.25, 0.3) is 0 Å². The molecule has 0 radical (unpaired) electrons. The van der Waals surface area contributed by atoms with Gasteiger partial charge >= 0.3 is 6.09 Å². The average Bonchev–Trinajstić information content (AvgIpc) is 2.67. The van der Waals surface area contributed by atoms with E-state index in [2.05, 4.69) is 36.5 Å². The van der Waals surface area contributed by atoms with Gasteiger partial charge in [0.05, 0.1) is 6.61 Å². The highest BCUT2D eigenvalue weighted by atomic mass is 79.9. The first-order valence-electron chi connectivity index (χ1n) is 8.96. The highest BCUT2D eigenvalue weighted by Gasteiger charge is 2.23. The van der Waals surface area contributed by atoms with Gasteiger partial charge in [0, 0.05) is 56.4 Å². The van der Waals surface area contributed by atoms with Crippen LogP contribution < -0.4 is 10.6 Å². The Balaban J connectivity index is 1.72. The number of nitrogens with zero attached hydrogens (tertiary/aromatic N) is 3. The minimum Gasteiger partial charge on any atom is -0.450 e. The van der Waals surface area contributed by atoms with E-state index in [1.54, 1.807) is 18.9 Å². The molecule has 148 valence electrons. The maximum absolute atomic E-state index is 12.0. The normalized spacial score (nSPS) is 14.7. The summed E-state index contributed by atoms with van der Waals surface area (Å²) in [7, 11) is 1.71. The first-order valence-corrected chi connectivity index (χ1v) is 9.75. The van der Waals surface area contributed by atoms with Gasteiger partial charge in [-0.3, -0.25) is 9.79 Å². The lowest BCUT2D eigenvalue weighted by molar-refractivity contribution is -0.116. The Morgan fingerprint density at radius 2 is 1.78 bits per heavy atom. The SMILES string of the molecule is CCOC(=O)N1CCN(C(=NC)NCCC(=O)Nc2ccc(Br)cc2)CC1. The van der Waals surface area contributed by atoms with E-state index < -0.39 is 0 Å². The number of carbonyl (C=O) groups is 2. The molecule has 0 bridgehead atoms. The molecule has 1 saturated heterocycles. The summed E-state index contributed by atoms with van der Waals surface area (Å²) in [6.07, 6.45) is 0.0578. The van der Waals surface area contributed by atoms with Crippen molar-refractivity contribution < 1.29 is 14.3 Å². The molecule has 1 heterocycles. The second kappa shape index (κ2) is 10.8. The predicted octanol–water partition coefficient (Wildman–Crippen LogP) is 2.13. The second-order valence-corrected chi connectivity index (χ2v) is 6.87. The molecule has 1 aliphatic heterocycles. The summed E-state index contributed by atoms with van der Waals surface area (Å²) in [6.45, 7) is 5.17. The minimum absolute atomic E-state index is 0.0626. The van der Waals surface area contributed by atoms with Crippen LogP contribution >= 0.6 is 15.9 Å². The lowest BCUT2D eigenvalue weighted by Gasteiger charge is -2.35. The average molecular weight is 440 g/mol. The van der Waals surface area contributed by atoms with E-state index in [0.717, 1.165) is 16.1 Å². The van der Waals surface area contributed by atoms with Gasteiger partial charge in [0.15, 0.2) is 5.96 Å². The number of guanidine groups is 1. The first kappa shape index (κ1) is 21.0. The largest absolute Gasteiger partial charge is 0.450 e. The maximum atomic E-state index is 12.0. The molecule has 0 aliphatic carbocycles. The summed E-state index contributed by atoms with van der Waals surface area (Å²) in [5, 5.41) is 6.07. The van der Waals surface area contributed by atoms with Crippen molar-refractivity contribution in [3.63, 3.8) is 0 Å². The van der Waals surface area contributed by atoms with Crippen molar-refractivity contribution in [1.29, 1.82) is 0 Å². The van der Waals surface area contributed by atoms with E-state index in [4.69, 9.17) is 4.74 Å². The van der Waals surface area contributed by atoms with Crippen molar-refractivity contribution in [2.45, 2.75) is 13.3 Å². The van der Waals surface area contributed by atoms with Crippen LogP contribution in [0.4, 0.5) is 10.5 Å². The summed E-state index contributed by atoms with van der Waals surface area (Å²) >= 11 is 3.37. The van der Waals surface area contributed by atoms with Gasteiger partial charge in [-0.25, -0.2) is 4.79 Å². The fourth-order valence-electron chi connectivity index (χ4n) is 2.69. The lowest BCUT2D eigenvalue weighted by atomic mass is 10.3. The molecule has 0 spiro atoms. The quantitative estimate of drug-likeness (QED) is 0.541. The smallest absolute Gasteiger partial charge is 0.409 e. The van der Waals surface area contributed by atoms with Crippen LogP contribution in [0.1, 0.15) is 13.3 Å². The van der Waals surface area contributed by atoms with Crippen molar-refractivity contribution in [2.75, 3.05) is 51.7 Å². The molecule has 2 amide bonds. The number of halogens is 1. The Morgan fingerprint density at radius 3 is 2.37 bits per heavy atom. The molecule has 1 aromatic rings. The van der Waals surface area contributed by atoms with Crippen molar-refractivity contribution in [2.24, 2.45) is 4.99 Å². The van der Waals surface area contributed by atoms with Crippen LogP contribution in [-0.4, -0.2) is 74.1 Å². The van der Waals surface area contributed by atoms with Crippen LogP contribution in [0.2, 0.25) is 0 Å². The predicted molar refractivity (Wildman–Crippen MR) is 109 cm³/mol. The number of rotatable bonds is 5. The number of piperazine rings is 1. The van der Waals surface area contributed by atoms with Gasteiger partial charge in [-0.15, -0.1) is 0 Å². The Kier molecular flexibility index (Phi) is 8.38. The third kappa shape index (κ3) is 6.74. The van der Waals surface area contributed by atoms with Crippen molar-refractivity contribution in [1.82, 2.24) is 15.1 Å². The molecule has 27 heavy (non-hydrogen) atoms. The molecule has 2 rings (SSSR count). The monoisotopic (exact) mass is 439 g/mol.